The van der Waals surface area contributed by atoms with E-state index in [9.17, 15) is 0 Å². The molecule has 2 rings (SSSR count). The zero-order valence-electron chi connectivity index (χ0n) is 11.1. The van der Waals surface area contributed by atoms with Gasteiger partial charge in [-0.1, -0.05) is 30.3 Å². The molecule has 3 heteroatoms. The maximum absolute atomic E-state index is 9.06. The van der Waals surface area contributed by atoms with Gasteiger partial charge in [0.15, 0.2) is 0 Å². The van der Waals surface area contributed by atoms with E-state index in [0.717, 1.165) is 17.9 Å². The number of ether oxygens (including phenoxy) is 1. The number of aliphatic hydroxyl groups is 1. The van der Waals surface area contributed by atoms with Crippen molar-refractivity contribution in [3.63, 3.8) is 0 Å². The average molecular weight is 257 g/mol. The molecule has 0 radical (unpaired) electrons. The summed E-state index contributed by atoms with van der Waals surface area (Å²) in [6.45, 7) is 1.47. The van der Waals surface area contributed by atoms with Crippen LogP contribution in [0.2, 0.25) is 0 Å². The molecule has 0 unspecified atom stereocenters. The van der Waals surface area contributed by atoms with E-state index in [2.05, 4.69) is 17.0 Å². The van der Waals surface area contributed by atoms with E-state index in [-0.39, 0.29) is 6.61 Å². The van der Waals surface area contributed by atoms with Crippen molar-refractivity contribution in [2.45, 2.75) is 6.61 Å². The van der Waals surface area contributed by atoms with Crippen LogP contribution < -0.4 is 9.64 Å². The summed E-state index contributed by atoms with van der Waals surface area (Å²) in [7, 11) is 2.04. The summed E-state index contributed by atoms with van der Waals surface area (Å²) >= 11 is 0. The zero-order chi connectivity index (χ0) is 13.5. The Balaban J connectivity index is 1.83. The second kappa shape index (κ2) is 6.81. The first-order valence-corrected chi connectivity index (χ1v) is 6.38. The topological polar surface area (TPSA) is 32.7 Å². The Morgan fingerprint density at radius 1 is 1.05 bits per heavy atom. The number of benzene rings is 2. The molecular weight excluding hydrogens is 238 g/mol. The summed E-state index contributed by atoms with van der Waals surface area (Å²) in [5.74, 6) is 0.799. The molecule has 1 N–H and O–H groups in total. The van der Waals surface area contributed by atoms with Gasteiger partial charge in [-0.15, -0.1) is 0 Å². The third-order valence-electron chi connectivity index (χ3n) is 2.97. The Morgan fingerprint density at radius 2 is 1.84 bits per heavy atom. The highest BCUT2D eigenvalue weighted by Crippen LogP contribution is 2.14. The zero-order valence-corrected chi connectivity index (χ0v) is 11.1. The van der Waals surface area contributed by atoms with Crippen molar-refractivity contribution >= 4 is 5.69 Å². The number of likely N-dealkylation sites (N-methyl/N-ethyl adjacent to an activating group) is 1. The van der Waals surface area contributed by atoms with Crippen LogP contribution in [0.4, 0.5) is 5.69 Å². The Morgan fingerprint density at radius 3 is 2.58 bits per heavy atom. The molecule has 0 aliphatic carbocycles. The molecule has 3 nitrogen and oxygen atoms in total. The highest BCUT2D eigenvalue weighted by Gasteiger charge is 2.00. The lowest BCUT2D eigenvalue weighted by Crippen LogP contribution is -2.23. The summed E-state index contributed by atoms with van der Waals surface area (Å²) in [5.41, 5.74) is 2.05. The Kier molecular flexibility index (Phi) is 4.81. The Labute approximate surface area is 114 Å². The second-order valence-corrected chi connectivity index (χ2v) is 4.41. The molecule has 0 saturated heterocycles. The third kappa shape index (κ3) is 4.00. The van der Waals surface area contributed by atoms with E-state index >= 15 is 0 Å². The molecule has 0 bridgehead atoms. The fourth-order valence-corrected chi connectivity index (χ4v) is 1.85. The highest BCUT2D eigenvalue weighted by molar-refractivity contribution is 5.44. The quantitative estimate of drug-likeness (QED) is 0.863. The van der Waals surface area contributed by atoms with Crippen molar-refractivity contribution in [1.29, 1.82) is 0 Å². The first-order chi connectivity index (χ1) is 9.29. The molecule has 0 spiro atoms. The number of para-hydroxylation sites is 1. The molecule has 0 fully saturated rings. The standard InChI is InChI=1S/C16H19NO2/c1-17(15-7-3-2-4-8-15)10-11-19-16-9-5-6-14(12-16)13-18/h2-9,12,18H,10-11,13H2,1H3. The fraction of sp³-hybridized carbons (Fsp3) is 0.250. The lowest BCUT2D eigenvalue weighted by molar-refractivity contribution is 0.279. The molecular formula is C16H19NO2. The molecule has 0 aliphatic heterocycles. The van der Waals surface area contributed by atoms with E-state index in [4.69, 9.17) is 9.84 Å². The Bertz CT molecular complexity index is 499. The first kappa shape index (κ1) is 13.4. The van der Waals surface area contributed by atoms with Gasteiger partial charge in [-0.2, -0.15) is 0 Å². The first-order valence-electron chi connectivity index (χ1n) is 6.38. The van der Waals surface area contributed by atoms with Gasteiger partial charge >= 0.3 is 0 Å². The minimum absolute atomic E-state index is 0.0428. The van der Waals surface area contributed by atoms with Gasteiger partial charge in [0.25, 0.3) is 0 Å². The number of anilines is 1. The van der Waals surface area contributed by atoms with Crippen molar-refractivity contribution in [3.8, 4) is 5.75 Å². The van der Waals surface area contributed by atoms with Gasteiger partial charge in [0, 0.05) is 12.7 Å². The molecule has 0 aliphatic rings. The molecule has 19 heavy (non-hydrogen) atoms. The normalized spacial score (nSPS) is 10.2. The monoisotopic (exact) mass is 257 g/mol. The summed E-state index contributed by atoms with van der Waals surface area (Å²) in [5, 5.41) is 9.06. The lowest BCUT2D eigenvalue weighted by atomic mass is 10.2. The van der Waals surface area contributed by atoms with Crippen LogP contribution in [-0.4, -0.2) is 25.3 Å². The predicted octanol–water partition coefficient (Wildman–Crippen LogP) is 2.69. The van der Waals surface area contributed by atoms with Crippen LogP contribution >= 0.6 is 0 Å². The number of aliphatic hydroxyl groups excluding tert-OH is 1. The molecule has 0 aromatic heterocycles. The summed E-state index contributed by atoms with van der Waals surface area (Å²) in [6.07, 6.45) is 0. The van der Waals surface area contributed by atoms with Crippen molar-refractivity contribution < 1.29 is 9.84 Å². The highest BCUT2D eigenvalue weighted by atomic mass is 16.5. The Hall–Kier alpha value is -2.00. The van der Waals surface area contributed by atoms with Crippen LogP contribution in [0.25, 0.3) is 0 Å². The van der Waals surface area contributed by atoms with Crippen molar-refractivity contribution in [1.82, 2.24) is 0 Å². The van der Waals surface area contributed by atoms with Crippen LogP contribution in [0.5, 0.6) is 5.75 Å². The summed E-state index contributed by atoms with van der Waals surface area (Å²) in [4.78, 5) is 2.15. The average Bonchev–Trinajstić information content (AvgIpc) is 2.48. The molecule has 2 aromatic carbocycles. The smallest absolute Gasteiger partial charge is 0.119 e. The minimum Gasteiger partial charge on any atom is -0.492 e. The SMILES string of the molecule is CN(CCOc1cccc(CO)c1)c1ccccc1. The van der Waals surface area contributed by atoms with Crippen LogP contribution in [-0.2, 0) is 6.61 Å². The van der Waals surface area contributed by atoms with E-state index in [1.54, 1.807) is 0 Å². The minimum atomic E-state index is 0.0428. The number of nitrogens with zero attached hydrogens (tertiary/aromatic N) is 1. The van der Waals surface area contributed by atoms with Crippen LogP contribution in [0.15, 0.2) is 54.6 Å². The molecule has 2 aromatic rings. The van der Waals surface area contributed by atoms with Crippen LogP contribution in [0.3, 0.4) is 0 Å². The maximum atomic E-state index is 9.06. The third-order valence-corrected chi connectivity index (χ3v) is 2.97. The van der Waals surface area contributed by atoms with Gasteiger partial charge in [0.2, 0.25) is 0 Å². The van der Waals surface area contributed by atoms with Gasteiger partial charge in [-0.05, 0) is 29.8 Å². The summed E-state index contributed by atoms with van der Waals surface area (Å²) < 4.78 is 5.69. The van der Waals surface area contributed by atoms with Gasteiger partial charge in [0.05, 0.1) is 13.2 Å². The van der Waals surface area contributed by atoms with Gasteiger partial charge in [-0.3, -0.25) is 0 Å². The molecule has 0 amide bonds. The number of rotatable bonds is 6. The largest absolute Gasteiger partial charge is 0.492 e. The van der Waals surface area contributed by atoms with Crippen LogP contribution in [0, 0.1) is 0 Å². The summed E-state index contributed by atoms with van der Waals surface area (Å²) in [6, 6.07) is 17.7. The lowest BCUT2D eigenvalue weighted by Gasteiger charge is -2.19. The second-order valence-electron chi connectivity index (χ2n) is 4.41. The molecule has 100 valence electrons. The van der Waals surface area contributed by atoms with E-state index in [0.29, 0.717) is 6.61 Å². The number of hydrogen-bond donors (Lipinski definition) is 1. The van der Waals surface area contributed by atoms with Crippen molar-refractivity contribution in [2.75, 3.05) is 25.1 Å². The van der Waals surface area contributed by atoms with Crippen LogP contribution in [0.1, 0.15) is 5.56 Å². The van der Waals surface area contributed by atoms with E-state index in [1.807, 2.05) is 49.5 Å². The molecule has 0 saturated carbocycles. The molecule has 0 atom stereocenters. The fourth-order valence-electron chi connectivity index (χ4n) is 1.85. The van der Waals surface area contributed by atoms with Gasteiger partial charge in [0.1, 0.15) is 12.4 Å². The van der Waals surface area contributed by atoms with Crippen molar-refractivity contribution in [2.24, 2.45) is 0 Å². The molecule has 0 heterocycles. The van der Waals surface area contributed by atoms with E-state index < -0.39 is 0 Å². The van der Waals surface area contributed by atoms with Gasteiger partial charge < -0.3 is 14.7 Å². The van der Waals surface area contributed by atoms with Gasteiger partial charge in [-0.25, -0.2) is 0 Å². The van der Waals surface area contributed by atoms with E-state index in [1.165, 1.54) is 5.69 Å². The maximum Gasteiger partial charge on any atom is 0.119 e. The predicted molar refractivity (Wildman–Crippen MR) is 77.6 cm³/mol. The number of hydrogen-bond acceptors (Lipinski definition) is 3. The van der Waals surface area contributed by atoms with Crippen molar-refractivity contribution in [3.05, 3.63) is 60.2 Å².